The summed E-state index contributed by atoms with van der Waals surface area (Å²) in [6.07, 6.45) is 2.50. The van der Waals surface area contributed by atoms with Crippen LogP contribution in [0, 0.1) is 11.8 Å². The van der Waals surface area contributed by atoms with Crippen LogP contribution < -0.4 is 15.8 Å². The van der Waals surface area contributed by atoms with Crippen molar-refractivity contribution in [2.45, 2.75) is 78.2 Å². The molecular formula is C30H46N4O7S. The summed E-state index contributed by atoms with van der Waals surface area (Å²) in [5, 5.41) is 12.9. The minimum Gasteiger partial charge on any atom is -0.451 e. The molecule has 0 saturated heterocycles. The number of aliphatic hydroxyl groups excluding tert-OH is 1. The summed E-state index contributed by atoms with van der Waals surface area (Å²) in [4.78, 5) is 53.9. The molecule has 4 amide bonds. The van der Waals surface area contributed by atoms with Gasteiger partial charge >= 0.3 is 5.24 Å². The van der Waals surface area contributed by atoms with Gasteiger partial charge in [-0.15, -0.1) is 0 Å². The first-order valence-electron chi connectivity index (χ1n) is 14.0. The molecule has 11 nitrogen and oxygen atoms in total. The number of allylic oxidation sites excluding steroid dienone is 2. The SMILES string of the molecule is C/C=C/C[C@@H](C)[C@@H](O)CC(=O)N[C@H](C(=O)N(C)CC(=O)N(C)[C@@H](CC(C)C)C(N)=O)C(C)OC(=S)Oc1ccccc1. The van der Waals surface area contributed by atoms with E-state index in [4.69, 9.17) is 27.4 Å². The molecule has 0 radical (unpaired) electrons. The van der Waals surface area contributed by atoms with Crippen molar-refractivity contribution >= 4 is 41.1 Å². The quantitative estimate of drug-likeness (QED) is 0.192. The van der Waals surface area contributed by atoms with Crippen molar-refractivity contribution < 1.29 is 33.8 Å². The standard InChI is InChI=1S/C30H46N4O7S/c1-8-9-13-20(4)24(35)17-25(36)32-27(21(5)40-30(42)41-22-14-11-10-12-15-22)29(39)33(6)18-26(37)34(7)23(28(31)38)16-19(2)3/h8-12,14-15,19-21,23-24,27,35H,13,16-18H2,1-7H3,(H2,31,38)(H,32,36)/b9-8+/t20-,21?,23+,24+,27+/m1/s1. The van der Waals surface area contributed by atoms with Crippen LogP contribution in [0.4, 0.5) is 0 Å². The van der Waals surface area contributed by atoms with Crippen molar-refractivity contribution in [1.82, 2.24) is 15.1 Å². The van der Waals surface area contributed by atoms with Gasteiger partial charge in [0, 0.05) is 26.3 Å². The number of nitrogens with one attached hydrogen (secondary N) is 1. The lowest BCUT2D eigenvalue weighted by atomic mass is 9.97. The van der Waals surface area contributed by atoms with Crippen LogP contribution in [-0.2, 0) is 23.9 Å². The Morgan fingerprint density at radius 1 is 1.10 bits per heavy atom. The summed E-state index contributed by atoms with van der Waals surface area (Å²) >= 11 is 5.20. The average Bonchev–Trinajstić information content (AvgIpc) is 2.92. The van der Waals surface area contributed by atoms with Gasteiger partial charge in [-0.2, -0.15) is 0 Å². The van der Waals surface area contributed by atoms with Crippen molar-refractivity contribution in [3.8, 4) is 5.75 Å². The second-order valence-corrected chi connectivity index (χ2v) is 11.2. The van der Waals surface area contributed by atoms with Gasteiger partial charge < -0.3 is 35.4 Å². The van der Waals surface area contributed by atoms with Crippen LogP contribution in [0.2, 0.25) is 0 Å². The minimum atomic E-state index is -1.28. The fraction of sp³-hybridized carbons (Fsp3) is 0.567. The Morgan fingerprint density at radius 3 is 2.26 bits per heavy atom. The zero-order valence-corrected chi connectivity index (χ0v) is 26.4. The van der Waals surface area contributed by atoms with Gasteiger partial charge in [0.25, 0.3) is 0 Å². The monoisotopic (exact) mass is 606 g/mol. The number of hydrogen-bond acceptors (Lipinski definition) is 8. The van der Waals surface area contributed by atoms with Crippen LogP contribution in [0.1, 0.15) is 53.9 Å². The van der Waals surface area contributed by atoms with Gasteiger partial charge in [-0.05, 0) is 50.7 Å². The van der Waals surface area contributed by atoms with E-state index >= 15 is 0 Å². The zero-order chi connectivity index (χ0) is 32.0. The highest BCUT2D eigenvalue weighted by Crippen LogP contribution is 2.15. The molecule has 1 rings (SSSR count). The fourth-order valence-electron chi connectivity index (χ4n) is 4.06. The molecule has 0 aliphatic heterocycles. The van der Waals surface area contributed by atoms with E-state index in [1.165, 1.54) is 25.9 Å². The van der Waals surface area contributed by atoms with Gasteiger partial charge in [-0.3, -0.25) is 19.2 Å². The number of carbonyl (C=O) groups excluding carboxylic acids is 4. The van der Waals surface area contributed by atoms with Crippen LogP contribution in [0.3, 0.4) is 0 Å². The van der Waals surface area contributed by atoms with Crippen molar-refractivity contribution in [1.29, 1.82) is 0 Å². The lowest BCUT2D eigenvalue weighted by Gasteiger charge is -2.31. The molecule has 42 heavy (non-hydrogen) atoms. The Morgan fingerprint density at radius 2 is 1.71 bits per heavy atom. The highest BCUT2D eigenvalue weighted by atomic mass is 32.1. The van der Waals surface area contributed by atoms with E-state index in [0.29, 0.717) is 18.6 Å². The summed E-state index contributed by atoms with van der Waals surface area (Å²) in [7, 11) is 2.85. The molecule has 1 aromatic rings. The lowest BCUT2D eigenvalue weighted by Crippen LogP contribution is -2.56. The molecule has 0 aliphatic rings. The largest absolute Gasteiger partial charge is 0.451 e. The number of amides is 4. The molecule has 0 fully saturated rings. The third-order valence-corrected chi connectivity index (χ3v) is 6.89. The Kier molecular flexibility index (Phi) is 15.8. The predicted molar refractivity (Wildman–Crippen MR) is 164 cm³/mol. The molecule has 1 unspecified atom stereocenters. The van der Waals surface area contributed by atoms with Gasteiger partial charge in [0.1, 0.15) is 23.9 Å². The normalized spacial score (nSPS) is 14.8. The molecule has 0 aromatic heterocycles. The van der Waals surface area contributed by atoms with Gasteiger partial charge in [0.15, 0.2) is 0 Å². The number of para-hydroxylation sites is 1. The number of benzene rings is 1. The summed E-state index contributed by atoms with van der Waals surface area (Å²) < 4.78 is 11.2. The van der Waals surface area contributed by atoms with Gasteiger partial charge in [-0.25, -0.2) is 0 Å². The summed E-state index contributed by atoms with van der Waals surface area (Å²) in [5.74, 6) is -2.04. The number of thiocarbonyl (C=S) groups is 1. The van der Waals surface area contributed by atoms with Gasteiger partial charge in [-0.1, -0.05) is 51.1 Å². The maximum absolute atomic E-state index is 13.6. The van der Waals surface area contributed by atoms with Crippen LogP contribution in [-0.4, -0.2) is 88.7 Å². The molecule has 0 spiro atoms. The van der Waals surface area contributed by atoms with E-state index in [1.807, 2.05) is 39.8 Å². The fourth-order valence-corrected chi connectivity index (χ4v) is 4.30. The summed E-state index contributed by atoms with van der Waals surface area (Å²) in [6.45, 7) is 8.64. The Hall–Kier alpha value is -3.51. The molecular weight excluding hydrogens is 560 g/mol. The van der Waals surface area contributed by atoms with Crippen molar-refractivity contribution in [3.63, 3.8) is 0 Å². The molecule has 4 N–H and O–H groups in total. The van der Waals surface area contributed by atoms with Crippen LogP contribution in [0.25, 0.3) is 0 Å². The Balaban J connectivity index is 3.08. The second kappa shape index (κ2) is 18.1. The molecule has 0 saturated carbocycles. The van der Waals surface area contributed by atoms with E-state index in [9.17, 15) is 24.3 Å². The number of aliphatic hydroxyl groups is 1. The number of carbonyl (C=O) groups is 4. The lowest BCUT2D eigenvalue weighted by molar-refractivity contribution is -0.145. The average molecular weight is 607 g/mol. The minimum absolute atomic E-state index is 0.104. The van der Waals surface area contributed by atoms with Crippen molar-refractivity contribution in [2.24, 2.45) is 17.6 Å². The second-order valence-electron chi connectivity index (χ2n) is 10.8. The van der Waals surface area contributed by atoms with Gasteiger partial charge in [0.05, 0.1) is 19.1 Å². The van der Waals surface area contributed by atoms with E-state index in [-0.39, 0.29) is 30.0 Å². The van der Waals surface area contributed by atoms with E-state index < -0.39 is 47.9 Å². The number of hydrogen-bond donors (Lipinski definition) is 3. The molecule has 5 atom stereocenters. The first-order chi connectivity index (χ1) is 19.7. The highest BCUT2D eigenvalue weighted by Gasteiger charge is 2.34. The summed E-state index contributed by atoms with van der Waals surface area (Å²) in [6, 6.07) is 6.55. The topological polar surface area (TPSA) is 151 Å². The number of nitrogens with two attached hydrogens (primary N) is 1. The zero-order valence-electron chi connectivity index (χ0n) is 25.6. The number of primary amides is 1. The highest BCUT2D eigenvalue weighted by molar-refractivity contribution is 7.79. The molecule has 0 bridgehead atoms. The molecule has 12 heteroatoms. The number of nitrogens with zero attached hydrogens (tertiary/aromatic N) is 2. The number of ether oxygens (including phenoxy) is 2. The van der Waals surface area contributed by atoms with E-state index in [2.05, 4.69) is 5.32 Å². The Labute approximate surface area is 254 Å². The third kappa shape index (κ3) is 12.6. The molecule has 0 heterocycles. The first kappa shape index (κ1) is 36.5. The molecule has 0 aliphatic carbocycles. The number of rotatable bonds is 16. The van der Waals surface area contributed by atoms with Gasteiger partial charge in [0.2, 0.25) is 23.6 Å². The van der Waals surface area contributed by atoms with Crippen LogP contribution in [0.5, 0.6) is 5.75 Å². The van der Waals surface area contributed by atoms with E-state index in [1.54, 1.807) is 30.3 Å². The van der Waals surface area contributed by atoms with Crippen LogP contribution >= 0.6 is 12.2 Å². The predicted octanol–water partition coefficient (Wildman–Crippen LogP) is 2.41. The molecule has 234 valence electrons. The third-order valence-electron chi connectivity index (χ3n) is 6.71. The first-order valence-corrected chi connectivity index (χ1v) is 14.4. The van der Waals surface area contributed by atoms with Crippen molar-refractivity contribution in [2.75, 3.05) is 20.6 Å². The van der Waals surface area contributed by atoms with Crippen LogP contribution in [0.15, 0.2) is 42.5 Å². The number of likely N-dealkylation sites (N-methyl/N-ethyl adjacent to an activating group) is 2. The smallest absolute Gasteiger partial charge is 0.358 e. The van der Waals surface area contributed by atoms with Crippen molar-refractivity contribution in [3.05, 3.63) is 42.5 Å². The summed E-state index contributed by atoms with van der Waals surface area (Å²) in [5.41, 5.74) is 5.52. The molecule has 1 aromatic carbocycles. The Bertz CT molecular complexity index is 1080. The maximum Gasteiger partial charge on any atom is 0.358 e. The van der Waals surface area contributed by atoms with E-state index in [0.717, 1.165) is 4.90 Å². The maximum atomic E-state index is 13.6.